The number of aromatic nitrogens is 1. The molecular weight excluding hydrogens is 239 g/mol. The maximum absolute atomic E-state index is 13.0. The molecule has 0 aliphatic heterocycles. The fourth-order valence-corrected chi connectivity index (χ4v) is 1.75. The summed E-state index contributed by atoms with van der Waals surface area (Å²) in [5.41, 5.74) is 8.63. The molecule has 1 heterocycles. The third-order valence-corrected chi connectivity index (χ3v) is 2.89. The van der Waals surface area contributed by atoms with Gasteiger partial charge in [-0.25, -0.2) is 4.39 Å². The monoisotopic (exact) mass is 250 g/mol. The molecule has 2 aromatic rings. The number of rotatable bonds is 2. The van der Waals surface area contributed by atoms with E-state index in [-0.39, 0.29) is 11.1 Å². The van der Waals surface area contributed by atoms with Crippen molar-refractivity contribution in [1.29, 1.82) is 0 Å². The van der Waals surface area contributed by atoms with Gasteiger partial charge in [0.2, 0.25) is 0 Å². The van der Waals surface area contributed by atoms with Crippen LogP contribution in [0.25, 0.3) is 0 Å². The summed E-state index contributed by atoms with van der Waals surface area (Å²) < 4.78 is 13.0. The molecule has 0 saturated heterocycles. The van der Waals surface area contributed by atoms with Gasteiger partial charge in [0.05, 0.1) is 11.1 Å². The van der Waals surface area contributed by atoms with Crippen molar-refractivity contribution < 1.29 is 4.39 Å². The Morgan fingerprint density at radius 2 is 1.94 bits per heavy atom. The number of pyridine rings is 1. The van der Waals surface area contributed by atoms with Gasteiger partial charge in [-0.15, -0.1) is 0 Å². The zero-order valence-corrected chi connectivity index (χ0v) is 10.1. The Labute approximate surface area is 104 Å². The number of hydrogen-bond donors (Lipinski definition) is 1. The summed E-state index contributed by atoms with van der Waals surface area (Å²) in [5, 5.41) is 0.0815. The van der Waals surface area contributed by atoms with Gasteiger partial charge >= 0.3 is 0 Å². The van der Waals surface area contributed by atoms with Crippen LogP contribution in [0.15, 0.2) is 36.5 Å². The van der Waals surface area contributed by atoms with E-state index >= 15 is 0 Å². The fraction of sp³-hybridized carbons (Fsp3) is 0.154. The SMILES string of the molecule is Cc1ccc(C(N)c2ccc(F)c(Cl)c2)cn1. The van der Waals surface area contributed by atoms with E-state index in [1.54, 1.807) is 18.3 Å². The average Bonchev–Trinajstić information content (AvgIpc) is 2.33. The Hall–Kier alpha value is -1.45. The predicted octanol–water partition coefficient (Wildman–Crippen LogP) is 3.23. The number of nitrogens with zero attached hydrogens (tertiary/aromatic N) is 1. The second-order valence-electron chi connectivity index (χ2n) is 3.88. The first-order valence-corrected chi connectivity index (χ1v) is 5.59. The van der Waals surface area contributed by atoms with E-state index in [1.165, 1.54) is 6.07 Å². The lowest BCUT2D eigenvalue weighted by molar-refractivity contribution is 0.627. The first kappa shape index (κ1) is 12.0. The van der Waals surface area contributed by atoms with Crippen molar-refractivity contribution in [2.75, 3.05) is 0 Å². The Kier molecular flexibility index (Phi) is 3.41. The molecule has 1 atom stereocenters. The molecule has 17 heavy (non-hydrogen) atoms. The third kappa shape index (κ3) is 2.62. The minimum absolute atomic E-state index is 0.0815. The molecule has 88 valence electrons. The number of hydrogen-bond acceptors (Lipinski definition) is 2. The molecule has 0 aliphatic carbocycles. The van der Waals surface area contributed by atoms with Crippen molar-refractivity contribution >= 4 is 11.6 Å². The van der Waals surface area contributed by atoms with Gasteiger partial charge in [-0.1, -0.05) is 23.7 Å². The summed E-state index contributed by atoms with van der Waals surface area (Å²) in [6.07, 6.45) is 1.72. The molecule has 0 spiro atoms. The standard InChI is InChI=1S/C13H12ClFN2/c1-8-2-3-10(7-17-8)13(16)9-4-5-12(15)11(14)6-9/h2-7,13H,16H2,1H3. The maximum atomic E-state index is 13.0. The highest BCUT2D eigenvalue weighted by atomic mass is 35.5. The van der Waals surface area contributed by atoms with Crippen LogP contribution in [-0.4, -0.2) is 4.98 Å². The van der Waals surface area contributed by atoms with Gasteiger partial charge in [0.1, 0.15) is 5.82 Å². The molecule has 1 unspecified atom stereocenters. The molecular formula is C13H12ClFN2. The van der Waals surface area contributed by atoms with Crippen LogP contribution in [0.2, 0.25) is 5.02 Å². The van der Waals surface area contributed by atoms with Crippen LogP contribution < -0.4 is 5.73 Å². The Balaban J connectivity index is 2.33. The minimum Gasteiger partial charge on any atom is -0.320 e. The molecule has 0 bridgehead atoms. The predicted molar refractivity (Wildman–Crippen MR) is 66.4 cm³/mol. The van der Waals surface area contributed by atoms with Gasteiger partial charge in [-0.05, 0) is 36.2 Å². The van der Waals surface area contributed by atoms with E-state index in [0.29, 0.717) is 0 Å². The second kappa shape index (κ2) is 4.82. The van der Waals surface area contributed by atoms with Crippen molar-refractivity contribution in [3.05, 3.63) is 64.2 Å². The second-order valence-corrected chi connectivity index (χ2v) is 4.29. The zero-order valence-electron chi connectivity index (χ0n) is 9.32. The molecule has 2 rings (SSSR count). The smallest absolute Gasteiger partial charge is 0.141 e. The van der Waals surface area contributed by atoms with Crippen LogP contribution in [0.4, 0.5) is 4.39 Å². The van der Waals surface area contributed by atoms with Crippen LogP contribution in [0.5, 0.6) is 0 Å². The molecule has 4 heteroatoms. The van der Waals surface area contributed by atoms with Crippen LogP contribution in [0.3, 0.4) is 0 Å². The summed E-state index contributed by atoms with van der Waals surface area (Å²) in [6, 6.07) is 7.94. The largest absolute Gasteiger partial charge is 0.320 e. The van der Waals surface area contributed by atoms with Gasteiger partial charge in [0.25, 0.3) is 0 Å². The lowest BCUT2D eigenvalue weighted by Gasteiger charge is -2.12. The van der Waals surface area contributed by atoms with E-state index < -0.39 is 5.82 Å². The number of benzene rings is 1. The maximum Gasteiger partial charge on any atom is 0.141 e. The highest BCUT2D eigenvalue weighted by molar-refractivity contribution is 6.30. The minimum atomic E-state index is -0.440. The van der Waals surface area contributed by atoms with Crippen LogP contribution >= 0.6 is 11.6 Å². The van der Waals surface area contributed by atoms with Gasteiger partial charge in [-0.3, -0.25) is 4.98 Å². The highest BCUT2D eigenvalue weighted by Crippen LogP contribution is 2.23. The molecule has 0 aliphatic rings. The quantitative estimate of drug-likeness (QED) is 0.889. The van der Waals surface area contributed by atoms with Crippen LogP contribution in [0.1, 0.15) is 22.9 Å². The molecule has 0 saturated carbocycles. The lowest BCUT2D eigenvalue weighted by Crippen LogP contribution is -2.12. The third-order valence-electron chi connectivity index (χ3n) is 2.60. The summed E-state index contributed by atoms with van der Waals surface area (Å²) in [6.45, 7) is 1.91. The van der Waals surface area contributed by atoms with Crippen molar-refractivity contribution in [2.24, 2.45) is 5.73 Å². The van der Waals surface area contributed by atoms with Gasteiger partial charge in [0, 0.05) is 11.9 Å². The number of aryl methyl sites for hydroxylation is 1. The van der Waals surface area contributed by atoms with Crippen molar-refractivity contribution in [3.8, 4) is 0 Å². The fourth-order valence-electron chi connectivity index (χ4n) is 1.56. The van der Waals surface area contributed by atoms with Crippen molar-refractivity contribution in [3.63, 3.8) is 0 Å². The van der Waals surface area contributed by atoms with Crippen molar-refractivity contribution in [1.82, 2.24) is 4.98 Å². The first-order chi connectivity index (χ1) is 8.08. The molecule has 0 amide bonds. The van der Waals surface area contributed by atoms with Crippen LogP contribution in [-0.2, 0) is 0 Å². The molecule has 0 radical (unpaired) electrons. The van der Waals surface area contributed by atoms with Gasteiger partial charge < -0.3 is 5.73 Å². The Morgan fingerprint density at radius 1 is 1.24 bits per heavy atom. The molecule has 1 aromatic carbocycles. The first-order valence-electron chi connectivity index (χ1n) is 5.21. The zero-order chi connectivity index (χ0) is 12.4. The normalized spacial score (nSPS) is 12.5. The Morgan fingerprint density at radius 3 is 2.53 bits per heavy atom. The average molecular weight is 251 g/mol. The van der Waals surface area contributed by atoms with Crippen LogP contribution in [0, 0.1) is 12.7 Å². The van der Waals surface area contributed by atoms with E-state index in [9.17, 15) is 4.39 Å². The number of nitrogens with two attached hydrogens (primary N) is 1. The van der Waals surface area contributed by atoms with Crippen molar-refractivity contribution in [2.45, 2.75) is 13.0 Å². The summed E-state index contributed by atoms with van der Waals surface area (Å²) in [5.74, 6) is -0.440. The summed E-state index contributed by atoms with van der Waals surface area (Å²) in [7, 11) is 0. The van der Waals surface area contributed by atoms with E-state index in [0.717, 1.165) is 16.8 Å². The van der Waals surface area contributed by atoms with Gasteiger partial charge in [0.15, 0.2) is 0 Å². The summed E-state index contributed by atoms with van der Waals surface area (Å²) >= 11 is 5.72. The molecule has 2 nitrogen and oxygen atoms in total. The van der Waals surface area contributed by atoms with E-state index in [4.69, 9.17) is 17.3 Å². The van der Waals surface area contributed by atoms with E-state index in [1.807, 2.05) is 19.1 Å². The molecule has 0 fully saturated rings. The van der Waals surface area contributed by atoms with E-state index in [2.05, 4.69) is 4.98 Å². The highest BCUT2D eigenvalue weighted by Gasteiger charge is 2.11. The lowest BCUT2D eigenvalue weighted by atomic mass is 10.0. The topological polar surface area (TPSA) is 38.9 Å². The number of halogens is 2. The summed E-state index contributed by atoms with van der Waals surface area (Å²) in [4.78, 5) is 4.18. The van der Waals surface area contributed by atoms with Gasteiger partial charge in [-0.2, -0.15) is 0 Å². The molecule has 2 N–H and O–H groups in total. The Bertz CT molecular complexity index is 525. The molecule has 1 aromatic heterocycles.